The molecule has 0 spiro atoms. The fourth-order valence-corrected chi connectivity index (χ4v) is 1.26. The second-order valence-electron chi connectivity index (χ2n) is 3.25. The van der Waals surface area contributed by atoms with Crippen LogP contribution in [0, 0.1) is 6.92 Å². The lowest BCUT2D eigenvalue weighted by Gasteiger charge is -2.02. The lowest BCUT2D eigenvalue weighted by molar-refractivity contribution is 0.756. The number of rotatable bonds is 2. The van der Waals surface area contributed by atoms with Crippen molar-refractivity contribution in [2.75, 3.05) is 11.1 Å². The van der Waals surface area contributed by atoms with E-state index >= 15 is 0 Å². The third kappa shape index (κ3) is 2.04. The molecular formula is C9H12N6. The van der Waals surface area contributed by atoms with E-state index in [0.29, 0.717) is 11.6 Å². The van der Waals surface area contributed by atoms with Crippen LogP contribution >= 0.6 is 0 Å². The van der Waals surface area contributed by atoms with Crippen LogP contribution < -0.4 is 11.1 Å². The quantitative estimate of drug-likeness (QED) is 0.757. The van der Waals surface area contributed by atoms with Gasteiger partial charge in [-0.05, 0) is 6.92 Å². The van der Waals surface area contributed by atoms with Gasteiger partial charge in [0.05, 0.1) is 23.8 Å². The van der Waals surface area contributed by atoms with Gasteiger partial charge in [0.2, 0.25) is 0 Å². The molecule has 0 aromatic carbocycles. The van der Waals surface area contributed by atoms with E-state index in [4.69, 9.17) is 5.73 Å². The molecule has 6 heteroatoms. The van der Waals surface area contributed by atoms with Crippen LogP contribution in [0.4, 0.5) is 17.3 Å². The zero-order valence-corrected chi connectivity index (χ0v) is 8.60. The van der Waals surface area contributed by atoms with E-state index in [2.05, 4.69) is 20.4 Å². The number of hydrogen-bond donors (Lipinski definition) is 2. The number of nitrogen functional groups attached to an aromatic ring is 1. The second kappa shape index (κ2) is 3.56. The Kier molecular flexibility index (Phi) is 2.24. The first-order valence-electron chi connectivity index (χ1n) is 4.50. The Balaban J connectivity index is 2.21. The van der Waals surface area contributed by atoms with Gasteiger partial charge in [-0.15, -0.1) is 0 Å². The van der Waals surface area contributed by atoms with Crippen molar-refractivity contribution in [3.63, 3.8) is 0 Å². The summed E-state index contributed by atoms with van der Waals surface area (Å²) in [4.78, 5) is 8.03. The number of anilines is 3. The highest BCUT2D eigenvalue weighted by atomic mass is 15.3. The number of nitrogens with two attached hydrogens (primary N) is 1. The maximum atomic E-state index is 5.44. The van der Waals surface area contributed by atoms with Crippen molar-refractivity contribution in [1.82, 2.24) is 19.7 Å². The van der Waals surface area contributed by atoms with Gasteiger partial charge >= 0.3 is 0 Å². The smallest absolute Gasteiger partial charge is 0.149 e. The zero-order chi connectivity index (χ0) is 10.8. The standard InChI is InChI=1S/C9H12N6/c1-6-7(5-15(2)14-6)13-9-4-11-8(10)3-12-9/h3-5H,1-2H3,(H2,10,11)(H,12,13). The normalized spacial score (nSPS) is 10.3. The number of hydrogen-bond acceptors (Lipinski definition) is 5. The van der Waals surface area contributed by atoms with Crippen molar-refractivity contribution >= 4 is 17.3 Å². The summed E-state index contributed by atoms with van der Waals surface area (Å²) in [5.74, 6) is 1.06. The molecule has 0 fully saturated rings. The second-order valence-corrected chi connectivity index (χ2v) is 3.25. The maximum absolute atomic E-state index is 5.44. The monoisotopic (exact) mass is 204 g/mol. The van der Waals surface area contributed by atoms with E-state index in [1.807, 2.05) is 20.2 Å². The fourth-order valence-electron chi connectivity index (χ4n) is 1.26. The predicted molar refractivity (Wildman–Crippen MR) is 57.7 cm³/mol. The molecule has 0 aliphatic rings. The van der Waals surface area contributed by atoms with E-state index in [1.165, 1.54) is 6.20 Å². The maximum Gasteiger partial charge on any atom is 0.149 e. The SMILES string of the molecule is Cc1nn(C)cc1Nc1cnc(N)cn1. The van der Waals surface area contributed by atoms with E-state index in [9.17, 15) is 0 Å². The molecule has 15 heavy (non-hydrogen) atoms. The molecule has 0 atom stereocenters. The minimum absolute atomic E-state index is 0.406. The first kappa shape index (κ1) is 9.45. The third-order valence-electron chi connectivity index (χ3n) is 1.95. The Morgan fingerprint density at radius 3 is 2.67 bits per heavy atom. The highest BCUT2D eigenvalue weighted by Crippen LogP contribution is 2.16. The summed E-state index contributed by atoms with van der Waals surface area (Å²) in [7, 11) is 1.87. The number of aryl methyl sites for hydroxylation is 2. The molecular weight excluding hydrogens is 192 g/mol. The Bertz CT molecular complexity index is 458. The zero-order valence-electron chi connectivity index (χ0n) is 8.60. The van der Waals surface area contributed by atoms with Crippen molar-refractivity contribution < 1.29 is 0 Å². The van der Waals surface area contributed by atoms with Gasteiger partial charge in [0.15, 0.2) is 0 Å². The molecule has 0 aliphatic heterocycles. The van der Waals surface area contributed by atoms with Crippen molar-refractivity contribution in [3.8, 4) is 0 Å². The molecule has 2 rings (SSSR count). The largest absolute Gasteiger partial charge is 0.382 e. The average Bonchev–Trinajstić information content (AvgIpc) is 2.49. The molecule has 0 bridgehead atoms. The molecule has 78 valence electrons. The molecule has 0 unspecified atom stereocenters. The number of nitrogens with zero attached hydrogens (tertiary/aromatic N) is 4. The predicted octanol–water partition coefficient (Wildman–Crippen LogP) is 0.844. The molecule has 6 nitrogen and oxygen atoms in total. The third-order valence-corrected chi connectivity index (χ3v) is 1.95. The van der Waals surface area contributed by atoms with E-state index in [1.54, 1.807) is 10.9 Å². The lowest BCUT2D eigenvalue weighted by Crippen LogP contribution is -1.97. The van der Waals surface area contributed by atoms with Crippen LogP contribution in [0.25, 0.3) is 0 Å². The number of aromatic nitrogens is 4. The van der Waals surface area contributed by atoms with E-state index in [0.717, 1.165) is 11.4 Å². The van der Waals surface area contributed by atoms with Crippen molar-refractivity contribution in [2.45, 2.75) is 6.92 Å². The topological polar surface area (TPSA) is 81.7 Å². The van der Waals surface area contributed by atoms with Crippen LogP contribution in [0.15, 0.2) is 18.6 Å². The molecule has 0 saturated heterocycles. The van der Waals surface area contributed by atoms with Crippen LogP contribution in [0.3, 0.4) is 0 Å². The summed E-state index contributed by atoms with van der Waals surface area (Å²) < 4.78 is 1.74. The minimum atomic E-state index is 0.406. The van der Waals surface area contributed by atoms with Crippen LogP contribution in [-0.2, 0) is 7.05 Å². The highest BCUT2D eigenvalue weighted by molar-refractivity contribution is 5.57. The van der Waals surface area contributed by atoms with Gasteiger partial charge in [0.25, 0.3) is 0 Å². The van der Waals surface area contributed by atoms with Gasteiger partial charge in [-0.2, -0.15) is 5.10 Å². The molecule has 2 aromatic heterocycles. The van der Waals surface area contributed by atoms with Crippen LogP contribution in [0.2, 0.25) is 0 Å². The first-order valence-corrected chi connectivity index (χ1v) is 4.50. The van der Waals surface area contributed by atoms with Gasteiger partial charge in [0.1, 0.15) is 11.6 Å². The summed E-state index contributed by atoms with van der Waals surface area (Å²) in [5.41, 5.74) is 7.26. The van der Waals surface area contributed by atoms with Gasteiger partial charge in [-0.1, -0.05) is 0 Å². The van der Waals surface area contributed by atoms with E-state index < -0.39 is 0 Å². The summed E-state index contributed by atoms with van der Waals surface area (Å²) in [5, 5.41) is 7.31. The molecule has 3 N–H and O–H groups in total. The molecule has 0 amide bonds. The van der Waals surface area contributed by atoms with Crippen LogP contribution in [-0.4, -0.2) is 19.7 Å². The highest BCUT2D eigenvalue weighted by Gasteiger charge is 2.03. The average molecular weight is 204 g/mol. The Labute approximate surface area is 87.2 Å². The van der Waals surface area contributed by atoms with Crippen LogP contribution in [0.1, 0.15) is 5.69 Å². The van der Waals surface area contributed by atoms with Gasteiger partial charge in [0, 0.05) is 13.2 Å². The van der Waals surface area contributed by atoms with Gasteiger partial charge < -0.3 is 11.1 Å². The van der Waals surface area contributed by atoms with Gasteiger partial charge in [-0.3, -0.25) is 4.68 Å². The number of nitrogens with one attached hydrogen (secondary N) is 1. The minimum Gasteiger partial charge on any atom is -0.382 e. The molecule has 0 radical (unpaired) electrons. The summed E-state index contributed by atoms with van der Waals surface area (Å²) in [6.07, 6.45) is 4.98. The Morgan fingerprint density at radius 2 is 2.13 bits per heavy atom. The van der Waals surface area contributed by atoms with Gasteiger partial charge in [-0.25, -0.2) is 9.97 Å². The summed E-state index contributed by atoms with van der Waals surface area (Å²) >= 11 is 0. The molecule has 2 aromatic rings. The van der Waals surface area contributed by atoms with E-state index in [-0.39, 0.29) is 0 Å². The summed E-state index contributed by atoms with van der Waals surface area (Å²) in [6, 6.07) is 0. The molecule has 0 aliphatic carbocycles. The van der Waals surface area contributed by atoms with Crippen molar-refractivity contribution in [1.29, 1.82) is 0 Å². The Hall–Kier alpha value is -2.11. The fraction of sp³-hybridized carbons (Fsp3) is 0.222. The first-order chi connectivity index (χ1) is 7.15. The molecule has 2 heterocycles. The lowest BCUT2D eigenvalue weighted by atomic mass is 10.4. The van der Waals surface area contributed by atoms with Crippen molar-refractivity contribution in [3.05, 3.63) is 24.3 Å². The molecule has 0 saturated carbocycles. The van der Waals surface area contributed by atoms with Crippen LogP contribution in [0.5, 0.6) is 0 Å². The Morgan fingerprint density at radius 1 is 1.33 bits per heavy atom. The summed E-state index contributed by atoms with van der Waals surface area (Å²) in [6.45, 7) is 1.92. The van der Waals surface area contributed by atoms with Crippen molar-refractivity contribution in [2.24, 2.45) is 7.05 Å².